The molecule has 0 N–H and O–H groups in total. The number of ether oxygens (including phenoxy) is 1. The standard InChI is InChI=1S/C17H22ClNO4S/c1-16(2,3)15-19-12-6-5-11(18)14(13(12)23-15)24(20,21)17(4)7-9-22-10-8-17/h5-6H,7-10H2,1-4H3/i4D3. The van der Waals surface area contributed by atoms with Gasteiger partial charge in [-0.2, -0.15) is 0 Å². The van der Waals surface area contributed by atoms with E-state index in [2.05, 4.69) is 4.98 Å². The SMILES string of the molecule is [2H]C([2H])([2H])C1(S(=O)(=O)c2c(Cl)ccc3nc(C(C)(C)C)oc23)CCOCC1. The third-order valence-corrected chi connectivity index (χ3v) is 7.00. The van der Waals surface area contributed by atoms with E-state index in [1.807, 2.05) is 20.8 Å². The Kier molecular flexibility index (Phi) is 3.36. The smallest absolute Gasteiger partial charge is 0.200 e. The quantitative estimate of drug-likeness (QED) is 0.790. The van der Waals surface area contributed by atoms with Crippen LogP contribution in [0.2, 0.25) is 5.02 Å². The largest absolute Gasteiger partial charge is 0.439 e. The van der Waals surface area contributed by atoms with Crippen LogP contribution in [-0.2, 0) is 20.0 Å². The number of fused-ring (bicyclic) bond motifs is 1. The maximum atomic E-state index is 13.7. The average Bonchev–Trinajstić information content (AvgIpc) is 2.98. The van der Waals surface area contributed by atoms with Gasteiger partial charge in [-0.15, -0.1) is 0 Å². The van der Waals surface area contributed by atoms with Crippen LogP contribution in [0, 0.1) is 0 Å². The fourth-order valence-electron chi connectivity index (χ4n) is 2.68. The number of hydrogen-bond acceptors (Lipinski definition) is 5. The number of halogens is 1. The van der Waals surface area contributed by atoms with Crippen molar-refractivity contribution in [2.45, 2.75) is 55.5 Å². The Morgan fingerprint density at radius 3 is 2.54 bits per heavy atom. The van der Waals surface area contributed by atoms with Crippen LogP contribution >= 0.6 is 11.6 Å². The van der Waals surface area contributed by atoms with Crippen LogP contribution in [-0.4, -0.2) is 31.4 Å². The number of aromatic nitrogens is 1. The topological polar surface area (TPSA) is 69.4 Å². The molecule has 0 amide bonds. The number of oxazole rings is 1. The van der Waals surface area contributed by atoms with Gasteiger partial charge in [-0.3, -0.25) is 0 Å². The van der Waals surface area contributed by atoms with Gasteiger partial charge in [0.2, 0.25) is 5.89 Å². The average molecular weight is 375 g/mol. The van der Waals surface area contributed by atoms with Gasteiger partial charge < -0.3 is 9.15 Å². The van der Waals surface area contributed by atoms with Gasteiger partial charge in [-0.25, -0.2) is 13.4 Å². The second kappa shape index (κ2) is 5.71. The third-order valence-electron chi connectivity index (χ3n) is 4.19. The van der Waals surface area contributed by atoms with Crippen LogP contribution < -0.4 is 0 Å². The Labute approximate surface area is 151 Å². The zero-order chi connectivity index (χ0) is 20.3. The first-order valence-corrected chi connectivity index (χ1v) is 9.59. The van der Waals surface area contributed by atoms with Crippen molar-refractivity contribution in [3.05, 3.63) is 23.0 Å². The summed E-state index contributed by atoms with van der Waals surface area (Å²) < 4.78 is 60.3. The normalized spacial score (nSPS) is 21.2. The Bertz CT molecular complexity index is 970. The second-order valence-corrected chi connectivity index (χ2v) is 9.71. The molecule has 132 valence electrons. The summed E-state index contributed by atoms with van der Waals surface area (Å²) in [5, 5.41) is -0.0748. The lowest BCUT2D eigenvalue weighted by atomic mass is 9.97. The monoisotopic (exact) mass is 374 g/mol. The molecular formula is C17H22ClNO4S. The molecule has 2 heterocycles. The Hall–Kier alpha value is -1.11. The molecule has 24 heavy (non-hydrogen) atoms. The summed E-state index contributed by atoms with van der Waals surface area (Å²) in [5.41, 5.74) is -0.120. The minimum absolute atomic E-state index is 0.00235. The molecular weight excluding hydrogens is 350 g/mol. The molecule has 0 radical (unpaired) electrons. The first kappa shape index (κ1) is 14.1. The predicted octanol–water partition coefficient (Wildman–Crippen LogP) is 4.12. The summed E-state index contributed by atoms with van der Waals surface area (Å²) in [6.07, 6.45) is -0.280. The van der Waals surface area contributed by atoms with Gasteiger partial charge in [-0.1, -0.05) is 32.4 Å². The van der Waals surface area contributed by atoms with E-state index in [1.165, 1.54) is 6.07 Å². The molecule has 0 bridgehead atoms. The predicted molar refractivity (Wildman–Crippen MR) is 93.4 cm³/mol. The van der Waals surface area contributed by atoms with Crippen LogP contribution in [0.4, 0.5) is 0 Å². The fourth-order valence-corrected chi connectivity index (χ4v) is 4.94. The number of sulfone groups is 1. The Morgan fingerprint density at radius 2 is 1.96 bits per heavy atom. The summed E-state index contributed by atoms with van der Waals surface area (Å²) in [6.45, 7) is 3.01. The van der Waals surface area contributed by atoms with E-state index in [4.69, 9.17) is 24.9 Å². The molecule has 3 rings (SSSR count). The molecule has 1 aromatic carbocycles. The summed E-state index contributed by atoms with van der Waals surface area (Å²) in [4.78, 5) is 4.07. The number of hydrogen-bond donors (Lipinski definition) is 0. The van der Waals surface area contributed by atoms with Crippen LogP contribution in [0.25, 0.3) is 11.1 Å². The zero-order valence-corrected chi connectivity index (χ0v) is 15.4. The first-order valence-electron chi connectivity index (χ1n) is 9.23. The molecule has 1 saturated heterocycles. The summed E-state index contributed by atoms with van der Waals surface area (Å²) in [6, 6.07) is 2.99. The van der Waals surface area contributed by atoms with E-state index >= 15 is 0 Å². The van der Waals surface area contributed by atoms with Crippen LogP contribution in [0.15, 0.2) is 21.4 Å². The van der Waals surface area contributed by atoms with Crippen molar-refractivity contribution in [2.24, 2.45) is 0 Å². The van der Waals surface area contributed by atoms with Crippen molar-refractivity contribution in [2.75, 3.05) is 13.2 Å². The van der Waals surface area contributed by atoms with Gasteiger partial charge in [0.25, 0.3) is 0 Å². The van der Waals surface area contributed by atoms with Crippen molar-refractivity contribution in [3.8, 4) is 0 Å². The van der Waals surface area contributed by atoms with Gasteiger partial charge in [-0.05, 0) is 31.8 Å². The van der Waals surface area contributed by atoms with Crippen molar-refractivity contribution < 1.29 is 21.7 Å². The summed E-state index contributed by atoms with van der Waals surface area (Å²) in [7, 11) is -4.38. The maximum absolute atomic E-state index is 13.7. The summed E-state index contributed by atoms with van der Waals surface area (Å²) >= 11 is 6.26. The van der Waals surface area contributed by atoms with Crippen molar-refractivity contribution in [3.63, 3.8) is 0 Å². The molecule has 2 aromatic rings. The lowest BCUT2D eigenvalue weighted by molar-refractivity contribution is 0.0789. The first-order chi connectivity index (χ1) is 12.3. The number of benzene rings is 1. The second-order valence-electron chi connectivity index (χ2n) is 7.10. The fraction of sp³-hybridized carbons (Fsp3) is 0.588. The van der Waals surface area contributed by atoms with E-state index in [-0.39, 0.29) is 41.6 Å². The van der Waals surface area contributed by atoms with E-state index in [0.717, 1.165) is 0 Å². The molecule has 1 fully saturated rings. The van der Waals surface area contributed by atoms with Crippen LogP contribution in [0.3, 0.4) is 0 Å². The zero-order valence-electron chi connectivity index (χ0n) is 16.8. The third kappa shape index (κ3) is 2.74. The molecule has 0 unspecified atom stereocenters. The number of rotatable bonds is 2. The van der Waals surface area contributed by atoms with Gasteiger partial charge in [0.05, 0.1) is 9.77 Å². The van der Waals surface area contributed by atoms with Gasteiger partial charge >= 0.3 is 0 Å². The molecule has 0 spiro atoms. The van der Waals surface area contributed by atoms with E-state index in [9.17, 15) is 8.42 Å². The van der Waals surface area contributed by atoms with E-state index < -0.39 is 26.9 Å². The lowest BCUT2D eigenvalue weighted by Crippen LogP contribution is -2.41. The summed E-state index contributed by atoms with van der Waals surface area (Å²) in [5.74, 6) is 0.353. The molecule has 0 saturated carbocycles. The highest BCUT2D eigenvalue weighted by molar-refractivity contribution is 7.93. The minimum atomic E-state index is -4.38. The van der Waals surface area contributed by atoms with Crippen molar-refractivity contribution in [1.82, 2.24) is 4.98 Å². The highest BCUT2D eigenvalue weighted by atomic mass is 35.5. The molecule has 7 heteroatoms. The highest BCUT2D eigenvalue weighted by Crippen LogP contribution is 2.41. The van der Waals surface area contributed by atoms with Crippen molar-refractivity contribution >= 4 is 32.5 Å². The molecule has 1 aliphatic heterocycles. The Morgan fingerprint density at radius 1 is 1.29 bits per heavy atom. The Balaban J connectivity index is 2.32. The molecule has 1 aromatic heterocycles. The minimum Gasteiger partial charge on any atom is -0.439 e. The van der Waals surface area contributed by atoms with Gasteiger partial charge in [0, 0.05) is 22.7 Å². The van der Waals surface area contributed by atoms with Crippen LogP contribution in [0.1, 0.15) is 50.5 Å². The van der Waals surface area contributed by atoms with Gasteiger partial charge in [0.1, 0.15) is 10.4 Å². The highest BCUT2D eigenvalue weighted by Gasteiger charge is 2.44. The van der Waals surface area contributed by atoms with E-state index in [1.54, 1.807) is 6.07 Å². The van der Waals surface area contributed by atoms with Crippen LogP contribution in [0.5, 0.6) is 0 Å². The van der Waals surface area contributed by atoms with Gasteiger partial charge in [0.15, 0.2) is 15.4 Å². The maximum Gasteiger partial charge on any atom is 0.200 e. The van der Waals surface area contributed by atoms with Crippen molar-refractivity contribution in [1.29, 1.82) is 0 Å². The molecule has 0 atom stereocenters. The molecule has 5 nitrogen and oxygen atoms in total. The molecule has 0 aliphatic carbocycles. The van der Waals surface area contributed by atoms with E-state index in [0.29, 0.717) is 11.4 Å². The number of nitrogens with zero attached hydrogens (tertiary/aromatic N) is 1. The lowest BCUT2D eigenvalue weighted by Gasteiger charge is -2.33. The molecule has 1 aliphatic rings.